The lowest BCUT2D eigenvalue weighted by Gasteiger charge is -2.25. The van der Waals surface area contributed by atoms with Gasteiger partial charge in [0.25, 0.3) is 0 Å². The summed E-state index contributed by atoms with van der Waals surface area (Å²) in [6.45, 7) is 3.66. The molecule has 5 nitrogen and oxygen atoms in total. The molecule has 2 heterocycles. The molecule has 1 aliphatic carbocycles. The number of carbonyl (C=O) groups excluding carboxylic acids is 1. The standard InChI is InChI=1S/C14H22N4O/c1-17(9-10-18-8-2-5-16-18)13(19)12-11-14(12)3-6-15-7-4-14/h2,5,8,12,15H,3-4,6-7,9-11H2,1H3. The second kappa shape index (κ2) is 4.96. The highest BCUT2D eigenvalue weighted by Gasteiger charge is 2.58. The van der Waals surface area contributed by atoms with Crippen LogP contribution in [0.2, 0.25) is 0 Å². The van der Waals surface area contributed by atoms with Gasteiger partial charge in [0.15, 0.2) is 0 Å². The Morgan fingerprint density at radius 2 is 2.32 bits per heavy atom. The first-order valence-electron chi connectivity index (χ1n) is 7.14. The van der Waals surface area contributed by atoms with Gasteiger partial charge in [-0.3, -0.25) is 9.48 Å². The molecule has 2 aliphatic rings. The van der Waals surface area contributed by atoms with Gasteiger partial charge in [-0.25, -0.2) is 0 Å². The molecule has 0 aromatic carbocycles. The van der Waals surface area contributed by atoms with Gasteiger partial charge in [0, 0.05) is 31.9 Å². The van der Waals surface area contributed by atoms with E-state index in [9.17, 15) is 4.79 Å². The van der Waals surface area contributed by atoms with Gasteiger partial charge >= 0.3 is 0 Å². The van der Waals surface area contributed by atoms with E-state index < -0.39 is 0 Å². The van der Waals surface area contributed by atoms with Gasteiger partial charge in [-0.05, 0) is 43.8 Å². The number of nitrogens with zero attached hydrogens (tertiary/aromatic N) is 3. The Bertz CT molecular complexity index is 436. The molecular formula is C14H22N4O. The minimum absolute atomic E-state index is 0.275. The minimum Gasteiger partial charge on any atom is -0.344 e. The Morgan fingerprint density at radius 1 is 1.53 bits per heavy atom. The Morgan fingerprint density at radius 3 is 3.00 bits per heavy atom. The number of aromatic nitrogens is 2. The maximum absolute atomic E-state index is 12.4. The molecule has 1 aromatic heterocycles. The number of carbonyl (C=O) groups is 1. The van der Waals surface area contributed by atoms with Crippen molar-refractivity contribution in [2.24, 2.45) is 11.3 Å². The summed E-state index contributed by atoms with van der Waals surface area (Å²) in [5.74, 6) is 0.603. The smallest absolute Gasteiger partial charge is 0.226 e. The second-order valence-electron chi connectivity index (χ2n) is 5.90. The first kappa shape index (κ1) is 12.7. The van der Waals surface area contributed by atoms with E-state index in [4.69, 9.17) is 0 Å². The fourth-order valence-electron chi connectivity index (χ4n) is 3.24. The highest BCUT2D eigenvalue weighted by atomic mass is 16.2. The first-order chi connectivity index (χ1) is 9.21. The molecular weight excluding hydrogens is 240 g/mol. The van der Waals surface area contributed by atoms with Crippen molar-refractivity contribution >= 4 is 5.91 Å². The molecule has 1 saturated carbocycles. The molecule has 1 atom stereocenters. The molecule has 0 bridgehead atoms. The summed E-state index contributed by atoms with van der Waals surface area (Å²) in [6, 6.07) is 1.91. The molecule has 19 heavy (non-hydrogen) atoms. The maximum atomic E-state index is 12.4. The van der Waals surface area contributed by atoms with Gasteiger partial charge in [0.1, 0.15) is 0 Å². The Labute approximate surface area is 114 Å². The third-order valence-electron chi connectivity index (χ3n) is 4.69. The zero-order chi connectivity index (χ0) is 13.3. The fraction of sp³-hybridized carbons (Fsp3) is 0.714. The van der Waals surface area contributed by atoms with Crippen LogP contribution in [0.3, 0.4) is 0 Å². The summed E-state index contributed by atoms with van der Waals surface area (Å²) in [4.78, 5) is 14.3. The molecule has 1 saturated heterocycles. The molecule has 104 valence electrons. The predicted octanol–water partition coefficient (Wildman–Crippen LogP) is 0.731. The number of hydrogen-bond acceptors (Lipinski definition) is 3. The molecule has 1 aliphatic heterocycles. The van der Waals surface area contributed by atoms with Crippen LogP contribution in [-0.2, 0) is 11.3 Å². The summed E-state index contributed by atoms with van der Waals surface area (Å²) in [7, 11) is 1.92. The maximum Gasteiger partial charge on any atom is 0.226 e. The van der Waals surface area contributed by atoms with Gasteiger partial charge in [0.05, 0.1) is 6.54 Å². The summed E-state index contributed by atoms with van der Waals surface area (Å²) < 4.78 is 1.87. The quantitative estimate of drug-likeness (QED) is 0.870. The Kier molecular flexibility index (Phi) is 3.31. The van der Waals surface area contributed by atoms with E-state index in [1.54, 1.807) is 6.20 Å². The molecule has 1 amide bonds. The van der Waals surface area contributed by atoms with Crippen LogP contribution in [0.25, 0.3) is 0 Å². The third kappa shape index (κ3) is 2.52. The molecule has 1 unspecified atom stereocenters. The van der Waals surface area contributed by atoms with E-state index in [1.165, 1.54) is 0 Å². The first-order valence-corrected chi connectivity index (χ1v) is 7.14. The van der Waals surface area contributed by atoms with Crippen molar-refractivity contribution in [3.05, 3.63) is 18.5 Å². The van der Waals surface area contributed by atoms with Crippen LogP contribution in [0.15, 0.2) is 18.5 Å². The predicted molar refractivity (Wildman–Crippen MR) is 72.5 cm³/mol. The Balaban J connectivity index is 1.50. The zero-order valence-corrected chi connectivity index (χ0v) is 11.5. The summed E-state index contributed by atoms with van der Waals surface area (Å²) in [5, 5.41) is 7.54. The van der Waals surface area contributed by atoms with Gasteiger partial charge in [0.2, 0.25) is 5.91 Å². The average Bonchev–Trinajstić information content (AvgIpc) is 2.90. The van der Waals surface area contributed by atoms with Gasteiger partial charge < -0.3 is 10.2 Å². The molecule has 1 spiro atoms. The monoisotopic (exact) mass is 262 g/mol. The molecule has 5 heteroatoms. The normalized spacial score (nSPS) is 24.4. The topological polar surface area (TPSA) is 50.2 Å². The number of nitrogens with one attached hydrogen (secondary N) is 1. The van der Waals surface area contributed by atoms with Crippen LogP contribution in [0.4, 0.5) is 0 Å². The molecule has 0 radical (unpaired) electrons. The SMILES string of the molecule is CN(CCn1cccn1)C(=O)C1CC12CCNCC2. The lowest BCUT2D eigenvalue weighted by Crippen LogP contribution is -2.36. The zero-order valence-electron chi connectivity index (χ0n) is 11.5. The van der Waals surface area contributed by atoms with Gasteiger partial charge in [-0.1, -0.05) is 0 Å². The van der Waals surface area contributed by atoms with Crippen molar-refractivity contribution in [1.82, 2.24) is 20.0 Å². The lowest BCUT2D eigenvalue weighted by atomic mass is 9.91. The summed E-state index contributed by atoms with van der Waals surface area (Å²) in [5.41, 5.74) is 0.336. The average molecular weight is 262 g/mol. The van der Waals surface area contributed by atoms with Crippen LogP contribution in [0.1, 0.15) is 19.3 Å². The van der Waals surface area contributed by atoms with Crippen molar-refractivity contribution in [3.8, 4) is 0 Å². The fourth-order valence-corrected chi connectivity index (χ4v) is 3.24. The van der Waals surface area contributed by atoms with Crippen LogP contribution in [0, 0.1) is 11.3 Å². The lowest BCUT2D eigenvalue weighted by molar-refractivity contribution is -0.132. The van der Waals surface area contributed by atoms with Crippen LogP contribution in [-0.4, -0.2) is 47.3 Å². The van der Waals surface area contributed by atoms with Crippen LogP contribution < -0.4 is 5.32 Å². The minimum atomic E-state index is 0.275. The molecule has 2 fully saturated rings. The highest BCUT2D eigenvalue weighted by Crippen LogP contribution is 2.59. The van der Waals surface area contributed by atoms with E-state index in [1.807, 2.05) is 28.9 Å². The third-order valence-corrected chi connectivity index (χ3v) is 4.69. The number of rotatable bonds is 4. The number of amides is 1. The van der Waals surface area contributed by atoms with Crippen LogP contribution in [0.5, 0.6) is 0 Å². The van der Waals surface area contributed by atoms with E-state index >= 15 is 0 Å². The van der Waals surface area contributed by atoms with E-state index in [2.05, 4.69) is 10.4 Å². The number of piperidine rings is 1. The number of likely N-dealkylation sites (N-methyl/N-ethyl adjacent to an activating group) is 1. The summed E-state index contributed by atoms with van der Waals surface area (Å²) in [6.07, 6.45) is 7.13. The Hall–Kier alpha value is -1.36. The van der Waals surface area contributed by atoms with Gasteiger partial charge in [-0.2, -0.15) is 5.10 Å². The highest BCUT2D eigenvalue weighted by molar-refractivity contribution is 5.82. The second-order valence-corrected chi connectivity index (χ2v) is 5.90. The van der Waals surface area contributed by atoms with Crippen molar-refractivity contribution < 1.29 is 4.79 Å². The number of hydrogen-bond donors (Lipinski definition) is 1. The van der Waals surface area contributed by atoms with Crippen molar-refractivity contribution in [2.45, 2.75) is 25.8 Å². The molecule has 1 N–H and O–H groups in total. The van der Waals surface area contributed by atoms with E-state index in [0.29, 0.717) is 11.3 Å². The van der Waals surface area contributed by atoms with Crippen molar-refractivity contribution in [3.63, 3.8) is 0 Å². The summed E-state index contributed by atoms with van der Waals surface area (Å²) >= 11 is 0. The van der Waals surface area contributed by atoms with Gasteiger partial charge in [-0.15, -0.1) is 0 Å². The van der Waals surface area contributed by atoms with Crippen molar-refractivity contribution in [1.29, 1.82) is 0 Å². The van der Waals surface area contributed by atoms with Crippen molar-refractivity contribution in [2.75, 3.05) is 26.7 Å². The largest absolute Gasteiger partial charge is 0.344 e. The molecule has 3 rings (SSSR count). The van der Waals surface area contributed by atoms with E-state index in [0.717, 1.165) is 45.4 Å². The molecule has 1 aromatic rings. The van der Waals surface area contributed by atoms with E-state index in [-0.39, 0.29) is 5.92 Å². The van der Waals surface area contributed by atoms with Crippen LogP contribution >= 0.6 is 0 Å².